The van der Waals surface area contributed by atoms with E-state index in [-0.39, 0.29) is 0 Å². The van der Waals surface area contributed by atoms with Gasteiger partial charge in [-0.2, -0.15) is 0 Å². The van der Waals surface area contributed by atoms with Crippen LogP contribution in [0.25, 0.3) is 99.5 Å². The van der Waals surface area contributed by atoms with Crippen molar-refractivity contribution in [2.24, 2.45) is 0 Å². The lowest BCUT2D eigenvalue weighted by molar-refractivity contribution is 0.669. The smallest absolute Gasteiger partial charge is 0.143 e. The van der Waals surface area contributed by atoms with Crippen LogP contribution in [0.2, 0.25) is 0 Å². The van der Waals surface area contributed by atoms with E-state index in [0.717, 1.165) is 88.8 Å². The molecule has 10 aromatic carbocycles. The summed E-state index contributed by atoms with van der Waals surface area (Å²) in [4.78, 5) is 2.37. The normalized spacial score (nSPS) is 11.5. The van der Waals surface area contributed by atoms with E-state index in [4.69, 9.17) is 8.83 Å². The zero-order valence-corrected chi connectivity index (χ0v) is 34.3. The van der Waals surface area contributed by atoms with Gasteiger partial charge in [-0.25, -0.2) is 0 Å². The predicted molar refractivity (Wildman–Crippen MR) is 263 cm³/mol. The Morgan fingerprint density at radius 1 is 0.254 bits per heavy atom. The van der Waals surface area contributed by atoms with Gasteiger partial charge in [-0.1, -0.05) is 188 Å². The third-order valence-corrected chi connectivity index (χ3v) is 12.3. The number of fused-ring (bicyclic) bond motifs is 6. The second kappa shape index (κ2) is 15.3. The van der Waals surface area contributed by atoms with Gasteiger partial charge < -0.3 is 13.7 Å². The standard InChI is InChI=1S/C60H39NO2/c1-2-16-40(17-3-1)41-32-34-42(35-33-41)46-20-4-5-21-48(46)49-22-6-7-23-50(49)51-24-8-11-29-56(51)61(45-36-37-54-52-25-9-12-30-57(52)62-59(54)39-45)44-19-14-18-43(38-44)47-27-15-28-55-53-26-10-13-31-58(53)63-60(47)55/h1-39H. The third-order valence-electron chi connectivity index (χ3n) is 12.3. The van der Waals surface area contributed by atoms with Crippen molar-refractivity contribution in [2.45, 2.75) is 0 Å². The summed E-state index contributed by atoms with van der Waals surface area (Å²) < 4.78 is 13.1. The summed E-state index contributed by atoms with van der Waals surface area (Å²) >= 11 is 0. The molecule has 0 unspecified atom stereocenters. The van der Waals surface area contributed by atoms with Crippen molar-refractivity contribution in [1.29, 1.82) is 0 Å². The van der Waals surface area contributed by atoms with Crippen molar-refractivity contribution in [2.75, 3.05) is 4.90 Å². The molecule has 0 saturated heterocycles. The second-order valence-corrected chi connectivity index (χ2v) is 16.0. The Hall–Kier alpha value is -8.40. The maximum atomic E-state index is 6.56. The first-order valence-corrected chi connectivity index (χ1v) is 21.4. The predicted octanol–water partition coefficient (Wildman–Crippen LogP) is 17.3. The highest BCUT2D eigenvalue weighted by Crippen LogP contribution is 2.47. The molecular weight excluding hydrogens is 767 g/mol. The molecule has 0 N–H and O–H groups in total. The van der Waals surface area contributed by atoms with Gasteiger partial charge in [0, 0.05) is 50.1 Å². The van der Waals surface area contributed by atoms with Crippen LogP contribution in [-0.2, 0) is 0 Å². The molecule has 0 spiro atoms. The van der Waals surface area contributed by atoms with Crippen LogP contribution in [-0.4, -0.2) is 0 Å². The Morgan fingerprint density at radius 3 is 1.52 bits per heavy atom. The molecule has 12 rings (SSSR count). The number of nitrogens with zero attached hydrogens (tertiary/aromatic N) is 1. The highest BCUT2D eigenvalue weighted by Gasteiger charge is 2.22. The Kier molecular flexibility index (Phi) is 8.83. The van der Waals surface area contributed by atoms with Crippen molar-refractivity contribution >= 4 is 60.9 Å². The fourth-order valence-electron chi connectivity index (χ4n) is 9.36. The van der Waals surface area contributed by atoms with E-state index < -0.39 is 0 Å². The fraction of sp³-hybridized carbons (Fsp3) is 0. The number of hydrogen-bond donors (Lipinski definition) is 0. The molecule has 0 fully saturated rings. The lowest BCUT2D eigenvalue weighted by atomic mass is 9.88. The van der Waals surface area contributed by atoms with Gasteiger partial charge >= 0.3 is 0 Å². The van der Waals surface area contributed by atoms with E-state index in [1.807, 2.05) is 24.3 Å². The minimum Gasteiger partial charge on any atom is -0.456 e. The zero-order chi connectivity index (χ0) is 41.7. The Balaban J connectivity index is 1.03. The van der Waals surface area contributed by atoms with E-state index in [1.165, 1.54) is 27.8 Å². The maximum absolute atomic E-state index is 6.56. The molecule has 2 aromatic heterocycles. The van der Waals surface area contributed by atoms with Crippen molar-refractivity contribution in [1.82, 2.24) is 0 Å². The van der Waals surface area contributed by atoms with E-state index >= 15 is 0 Å². The minimum atomic E-state index is 0.840. The average molecular weight is 806 g/mol. The van der Waals surface area contributed by atoms with Crippen LogP contribution < -0.4 is 4.90 Å². The molecule has 0 aliphatic rings. The lowest BCUT2D eigenvalue weighted by Crippen LogP contribution is -2.11. The zero-order valence-electron chi connectivity index (χ0n) is 34.3. The topological polar surface area (TPSA) is 29.5 Å². The SMILES string of the molecule is c1ccc(-c2ccc(-c3ccccc3-c3ccccc3-c3ccccc3N(c3cccc(-c4cccc5c4oc4ccccc45)c3)c3ccc4c(c3)oc3ccccc34)cc2)cc1. The van der Waals surface area contributed by atoms with Crippen LogP contribution in [0.15, 0.2) is 245 Å². The molecule has 0 amide bonds. The summed E-state index contributed by atoms with van der Waals surface area (Å²) in [5.41, 5.74) is 18.0. The van der Waals surface area contributed by atoms with Crippen LogP contribution in [0, 0.1) is 0 Å². The molecular formula is C60H39NO2. The van der Waals surface area contributed by atoms with E-state index in [0.29, 0.717) is 0 Å². The first kappa shape index (κ1) is 36.5. The van der Waals surface area contributed by atoms with Crippen molar-refractivity contribution in [3.8, 4) is 55.6 Å². The first-order chi connectivity index (χ1) is 31.2. The van der Waals surface area contributed by atoms with E-state index in [9.17, 15) is 0 Å². The van der Waals surface area contributed by atoms with Crippen LogP contribution in [0.5, 0.6) is 0 Å². The number of furan rings is 2. The number of para-hydroxylation sites is 4. The Labute approximate surface area is 365 Å². The molecule has 3 nitrogen and oxygen atoms in total. The molecule has 0 bridgehead atoms. The van der Waals surface area contributed by atoms with Crippen molar-refractivity contribution < 1.29 is 8.83 Å². The van der Waals surface area contributed by atoms with Crippen LogP contribution in [0.3, 0.4) is 0 Å². The highest BCUT2D eigenvalue weighted by atomic mass is 16.3. The van der Waals surface area contributed by atoms with Crippen LogP contribution >= 0.6 is 0 Å². The first-order valence-electron chi connectivity index (χ1n) is 21.4. The number of rotatable bonds is 8. The summed E-state index contributed by atoms with van der Waals surface area (Å²) in [7, 11) is 0. The minimum absolute atomic E-state index is 0.840. The monoisotopic (exact) mass is 805 g/mol. The molecule has 0 aliphatic carbocycles. The van der Waals surface area contributed by atoms with Gasteiger partial charge in [-0.05, 0) is 87.0 Å². The maximum Gasteiger partial charge on any atom is 0.143 e. The van der Waals surface area contributed by atoms with Gasteiger partial charge in [-0.15, -0.1) is 0 Å². The number of hydrogen-bond acceptors (Lipinski definition) is 3. The summed E-state index contributed by atoms with van der Waals surface area (Å²) in [5.74, 6) is 0. The van der Waals surface area contributed by atoms with Gasteiger partial charge in [0.1, 0.15) is 22.3 Å². The molecule has 296 valence electrons. The average Bonchev–Trinajstić information content (AvgIpc) is 3.93. The lowest BCUT2D eigenvalue weighted by Gasteiger charge is -2.29. The van der Waals surface area contributed by atoms with Gasteiger partial charge in [0.2, 0.25) is 0 Å². The molecule has 3 heteroatoms. The molecule has 0 atom stereocenters. The fourth-order valence-corrected chi connectivity index (χ4v) is 9.36. The third kappa shape index (κ3) is 6.38. The van der Waals surface area contributed by atoms with E-state index in [2.05, 4.69) is 217 Å². The number of benzene rings is 10. The van der Waals surface area contributed by atoms with Crippen LogP contribution in [0.1, 0.15) is 0 Å². The molecule has 0 saturated carbocycles. The van der Waals surface area contributed by atoms with Gasteiger partial charge in [-0.3, -0.25) is 0 Å². The molecule has 12 aromatic rings. The molecule has 2 heterocycles. The van der Waals surface area contributed by atoms with E-state index in [1.54, 1.807) is 0 Å². The Bertz CT molecular complexity index is 3630. The quantitative estimate of drug-likeness (QED) is 0.153. The highest BCUT2D eigenvalue weighted by molar-refractivity contribution is 6.10. The van der Waals surface area contributed by atoms with Gasteiger partial charge in [0.25, 0.3) is 0 Å². The summed E-state index contributed by atoms with van der Waals surface area (Å²) in [6, 6.07) is 84.1. The molecule has 0 radical (unpaired) electrons. The largest absolute Gasteiger partial charge is 0.456 e. The van der Waals surface area contributed by atoms with Crippen molar-refractivity contribution in [3.63, 3.8) is 0 Å². The summed E-state index contributed by atoms with van der Waals surface area (Å²) in [5, 5.41) is 4.42. The summed E-state index contributed by atoms with van der Waals surface area (Å²) in [6.07, 6.45) is 0. The van der Waals surface area contributed by atoms with Crippen molar-refractivity contribution in [3.05, 3.63) is 237 Å². The Morgan fingerprint density at radius 2 is 0.746 bits per heavy atom. The second-order valence-electron chi connectivity index (χ2n) is 16.0. The van der Waals surface area contributed by atoms with Gasteiger partial charge in [0.15, 0.2) is 0 Å². The molecule has 0 aliphatic heterocycles. The molecule has 63 heavy (non-hydrogen) atoms. The number of anilines is 3. The summed E-state index contributed by atoms with van der Waals surface area (Å²) in [6.45, 7) is 0. The van der Waals surface area contributed by atoms with Crippen LogP contribution in [0.4, 0.5) is 17.1 Å². The van der Waals surface area contributed by atoms with Gasteiger partial charge in [0.05, 0.1) is 5.69 Å².